The molecule has 0 saturated heterocycles. The third kappa shape index (κ3) is 4.96. The predicted octanol–water partition coefficient (Wildman–Crippen LogP) is 0.477. The summed E-state index contributed by atoms with van der Waals surface area (Å²) in [5.41, 5.74) is 6.44. The molecule has 0 fully saturated rings. The molecule has 1 aromatic rings. The minimum absolute atomic E-state index is 0.0687. The number of sulfonamides is 1. The van der Waals surface area contributed by atoms with Gasteiger partial charge in [0.1, 0.15) is 0 Å². The highest BCUT2D eigenvalue weighted by Crippen LogP contribution is 2.22. The molecule has 0 heterocycles. The van der Waals surface area contributed by atoms with Gasteiger partial charge in [0, 0.05) is 18.8 Å². The molecule has 1 unspecified atom stereocenters. The molecule has 21 heavy (non-hydrogen) atoms. The lowest BCUT2D eigenvalue weighted by molar-refractivity contribution is 0.0386. The molecule has 0 aliphatic rings. The Balaban J connectivity index is 2.98. The van der Waals surface area contributed by atoms with Crippen LogP contribution in [0.5, 0.6) is 0 Å². The maximum Gasteiger partial charge on any atom is 0.241 e. The predicted molar refractivity (Wildman–Crippen MR) is 84.7 cm³/mol. The van der Waals surface area contributed by atoms with E-state index in [0.717, 1.165) is 5.56 Å². The van der Waals surface area contributed by atoms with Crippen molar-refractivity contribution in [2.24, 2.45) is 0 Å². The third-order valence-electron chi connectivity index (χ3n) is 3.23. The van der Waals surface area contributed by atoms with Gasteiger partial charge >= 0.3 is 0 Å². The topological polar surface area (TPSA) is 95.7 Å². The fourth-order valence-corrected chi connectivity index (χ4v) is 3.71. The first-order valence-corrected chi connectivity index (χ1v) is 8.16. The smallest absolute Gasteiger partial charge is 0.241 e. The second kappa shape index (κ2) is 6.31. The number of nitrogen functional groups attached to an aromatic ring is 1. The summed E-state index contributed by atoms with van der Waals surface area (Å²) >= 11 is 0. The van der Waals surface area contributed by atoms with Gasteiger partial charge in [-0.05, 0) is 58.1 Å². The molecular formula is C14H25N3O3S. The van der Waals surface area contributed by atoms with Crippen molar-refractivity contribution in [3.63, 3.8) is 0 Å². The van der Waals surface area contributed by atoms with Crippen LogP contribution in [0.25, 0.3) is 0 Å². The largest absolute Gasteiger partial charge is 0.399 e. The summed E-state index contributed by atoms with van der Waals surface area (Å²) in [7, 11) is -0.0857. The highest BCUT2D eigenvalue weighted by molar-refractivity contribution is 7.89. The van der Waals surface area contributed by atoms with Crippen LogP contribution in [0.4, 0.5) is 5.69 Å². The van der Waals surface area contributed by atoms with Crippen molar-refractivity contribution >= 4 is 15.7 Å². The van der Waals surface area contributed by atoms with E-state index in [-0.39, 0.29) is 11.4 Å². The minimum Gasteiger partial charge on any atom is -0.399 e. The summed E-state index contributed by atoms with van der Waals surface area (Å²) in [6.45, 7) is 5.42. The zero-order valence-corrected chi connectivity index (χ0v) is 14.1. The minimum atomic E-state index is -3.71. The maximum absolute atomic E-state index is 12.4. The van der Waals surface area contributed by atoms with Crippen molar-refractivity contribution in [1.29, 1.82) is 0 Å². The van der Waals surface area contributed by atoms with Crippen molar-refractivity contribution in [1.82, 2.24) is 9.62 Å². The van der Waals surface area contributed by atoms with Crippen molar-refractivity contribution in [2.75, 3.05) is 32.9 Å². The van der Waals surface area contributed by atoms with Gasteiger partial charge in [0.15, 0.2) is 0 Å². The van der Waals surface area contributed by atoms with Crippen molar-refractivity contribution in [2.45, 2.75) is 31.3 Å². The molecule has 6 nitrogen and oxygen atoms in total. The fraction of sp³-hybridized carbons (Fsp3) is 0.571. The van der Waals surface area contributed by atoms with E-state index in [1.165, 1.54) is 6.07 Å². The standard InChI is InChI=1S/C14H25N3O3S/c1-10-6-12(15)7-13(11(10)2)21(19,20)16-8-14(3,18)9-17(4)5/h6-7,16,18H,8-9,15H2,1-5H3. The van der Waals surface area contributed by atoms with E-state index in [0.29, 0.717) is 17.8 Å². The number of aryl methyl sites for hydroxylation is 1. The number of nitrogens with zero attached hydrogens (tertiary/aromatic N) is 1. The van der Waals surface area contributed by atoms with Crippen LogP contribution in [0.1, 0.15) is 18.1 Å². The molecule has 0 bridgehead atoms. The highest BCUT2D eigenvalue weighted by atomic mass is 32.2. The summed E-state index contributed by atoms with van der Waals surface area (Å²) in [6, 6.07) is 3.17. The van der Waals surface area contributed by atoms with Crippen LogP contribution in [0.15, 0.2) is 17.0 Å². The Labute approximate surface area is 127 Å². The second-order valence-electron chi connectivity index (χ2n) is 6.02. The molecule has 1 aromatic carbocycles. The van der Waals surface area contributed by atoms with Gasteiger partial charge in [0.05, 0.1) is 10.5 Å². The molecule has 4 N–H and O–H groups in total. The van der Waals surface area contributed by atoms with Crippen LogP contribution in [0, 0.1) is 13.8 Å². The first-order valence-electron chi connectivity index (χ1n) is 6.68. The van der Waals surface area contributed by atoms with E-state index < -0.39 is 15.6 Å². The molecule has 0 amide bonds. The SMILES string of the molecule is Cc1cc(N)cc(S(=O)(=O)NCC(C)(O)CN(C)C)c1C. The maximum atomic E-state index is 12.4. The van der Waals surface area contributed by atoms with Crippen LogP contribution >= 0.6 is 0 Å². The van der Waals surface area contributed by atoms with Crippen LogP contribution in [-0.4, -0.2) is 51.2 Å². The Bertz CT molecular complexity index is 610. The summed E-state index contributed by atoms with van der Waals surface area (Å²) in [4.78, 5) is 1.95. The van der Waals surface area contributed by atoms with Gasteiger partial charge in [0.25, 0.3) is 0 Å². The van der Waals surface area contributed by atoms with Crippen molar-refractivity contribution < 1.29 is 13.5 Å². The number of rotatable bonds is 6. The van der Waals surface area contributed by atoms with Gasteiger partial charge in [-0.3, -0.25) is 0 Å². The monoisotopic (exact) mass is 315 g/mol. The molecule has 0 spiro atoms. The summed E-state index contributed by atoms with van der Waals surface area (Å²) in [6.07, 6.45) is 0. The molecule has 0 aromatic heterocycles. The van der Waals surface area contributed by atoms with Crippen LogP contribution in [0.3, 0.4) is 0 Å². The molecule has 0 saturated carbocycles. The summed E-state index contributed by atoms with van der Waals surface area (Å²) in [5, 5.41) is 10.2. The quantitative estimate of drug-likeness (QED) is 0.664. The lowest BCUT2D eigenvalue weighted by Gasteiger charge is -2.27. The van der Waals surface area contributed by atoms with Crippen LogP contribution in [0.2, 0.25) is 0 Å². The molecule has 1 atom stereocenters. The average Bonchev–Trinajstić information content (AvgIpc) is 2.30. The van der Waals surface area contributed by atoms with Crippen molar-refractivity contribution in [3.05, 3.63) is 23.3 Å². The Morgan fingerprint density at radius 3 is 2.43 bits per heavy atom. The van der Waals surface area contributed by atoms with Crippen molar-refractivity contribution in [3.8, 4) is 0 Å². The second-order valence-corrected chi connectivity index (χ2v) is 7.76. The van der Waals surface area contributed by atoms with Crippen LogP contribution in [-0.2, 0) is 10.0 Å². The van der Waals surface area contributed by atoms with E-state index in [9.17, 15) is 13.5 Å². The average molecular weight is 315 g/mol. The summed E-state index contributed by atoms with van der Waals surface area (Å²) < 4.78 is 27.3. The molecule has 7 heteroatoms. The number of benzene rings is 1. The zero-order valence-electron chi connectivity index (χ0n) is 13.3. The number of nitrogens with one attached hydrogen (secondary N) is 1. The number of hydrogen-bond donors (Lipinski definition) is 3. The molecule has 0 radical (unpaired) electrons. The van der Waals surface area contributed by atoms with E-state index in [2.05, 4.69) is 4.72 Å². The van der Waals surface area contributed by atoms with Gasteiger partial charge in [-0.25, -0.2) is 13.1 Å². The Kier molecular flexibility index (Phi) is 5.38. The fourth-order valence-electron chi connectivity index (χ4n) is 2.20. The van der Waals surface area contributed by atoms with Gasteiger partial charge in [-0.15, -0.1) is 0 Å². The van der Waals surface area contributed by atoms with Gasteiger partial charge in [-0.2, -0.15) is 0 Å². The Morgan fingerprint density at radius 1 is 1.33 bits per heavy atom. The molecule has 1 rings (SSSR count). The van der Waals surface area contributed by atoms with Gasteiger partial charge in [-0.1, -0.05) is 0 Å². The number of nitrogens with two attached hydrogens (primary N) is 1. The molecule has 0 aliphatic heterocycles. The highest BCUT2D eigenvalue weighted by Gasteiger charge is 2.26. The Morgan fingerprint density at radius 2 is 1.90 bits per heavy atom. The van der Waals surface area contributed by atoms with E-state index >= 15 is 0 Å². The molecule has 0 aliphatic carbocycles. The zero-order chi connectivity index (χ0) is 16.4. The van der Waals surface area contributed by atoms with Gasteiger partial charge < -0.3 is 15.7 Å². The first-order chi connectivity index (χ1) is 9.44. The third-order valence-corrected chi connectivity index (χ3v) is 4.76. The van der Waals surface area contributed by atoms with E-state index in [1.807, 2.05) is 21.0 Å². The number of likely N-dealkylation sites (N-methyl/N-ethyl adjacent to an activating group) is 1. The number of aliphatic hydroxyl groups is 1. The Hall–Kier alpha value is -1.15. The van der Waals surface area contributed by atoms with E-state index in [1.54, 1.807) is 24.8 Å². The number of anilines is 1. The van der Waals surface area contributed by atoms with E-state index in [4.69, 9.17) is 5.73 Å². The first kappa shape index (κ1) is 17.9. The van der Waals surface area contributed by atoms with Gasteiger partial charge in [0.2, 0.25) is 10.0 Å². The van der Waals surface area contributed by atoms with Crippen LogP contribution < -0.4 is 10.5 Å². The molecule has 120 valence electrons. The molecular weight excluding hydrogens is 290 g/mol. The lowest BCUT2D eigenvalue weighted by atomic mass is 10.1. The lowest BCUT2D eigenvalue weighted by Crippen LogP contribution is -2.47. The normalized spacial score (nSPS) is 15.2. The summed E-state index contributed by atoms with van der Waals surface area (Å²) in [5.74, 6) is 0. The number of hydrogen-bond acceptors (Lipinski definition) is 5.